The van der Waals surface area contributed by atoms with Crippen molar-refractivity contribution >= 4 is 11.9 Å². The van der Waals surface area contributed by atoms with Crippen molar-refractivity contribution in [2.24, 2.45) is 46.3 Å². The first-order chi connectivity index (χ1) is 15.1. The molecule has 0 bridgehead atoms. The molecule has 4 saturated carbocycles. The number of carbonyl (C=O) groups excluding carboxylic acids is 2. The van der Waals surface area contributed by atoms with Gasteiger partial charge in [0.1, 0.15) is 0 Å². The van der Waals surface area contributed by atoms with Crippen LogP contribution in [0.4, 0.5) is 0 Å². The second-order valence-electron chi connectivity index (χ2n) is 12.1. The molecule has 0 spiro atoms. The molecule has 3 N–H and O–H groups in total. The van der Waals surface area contributed by atoms with Gasteiger partial charge in [0, 0.05) is 6.42 Å². The van der Waals surface area contributed by atoms with Crippen LogP contribution in [0.5, 0.6) is 0 Å². The van der Waals surface area contributed by atoms with E-state index in [0.717, 1.165) is 51.4 Å². The number of carbonyl (C=O) groups is 2. The van der Waals surface area contributed by atoms with Crippen molar-refractivity contribution in [1.82, 2.24) is 5.32 Å². The fourth-order valence-electron chi connectivity index (χ4n) is 8.99. The molecule has 4 aliphatic carbocycles. The van der Waals surface area contributed by atoms with Gasteiger partial charge in [-0.25, -0.2) is 0 Å². The van der Waals surface area contributed by atoms with E-state index in [1.165, 1.54) is 6.42 Å². The summed E-state index contributed by atoms with van der Waals surface area (Å²) in [5.41, 5.74) is 0.436. The fraction of sp³-hybridized carbons (Fsp3) is 0.923. The molecular formula is C26H42KNO5. The van der Waals surface area contributed by atoms with E-state index in [2.05, 4.69) is 26.1 Å². The molecule has 4 unspecified atom stereocenters. The number of aliphatic carboxylic acids is 1. The fourth-order valence-corrected chi connectivity index (χ4v) is 8.99. The molecule has 4 fully saturated rings. The summed E-state index contributed by atoms with van der Waals surface area (Å²) in [5.74, 6) is 1.31. The molecule has 0 saturated heterocycles. The van der Waals surface area contributed by atoms with Crippen LogP contribution in [0.15, 0.2) is 0 Å². The molecule has 0 aliphatic heterocycles. The van der Waals surface area contributed by atoms with E-state index in [1.54, 1.807) is 0 Å². The van der Waals surface area contributed by atoms with Gasteiger partial charge in [0.05, 0.1) is 24.7 Å². The Labute approximate surface area is 241 Å². The van der Waals surface area contributed by atoms with E-state index in [0.29, 0.717) is 41.9 Å². The van der Waals surface area contributed by atoms with Crippen LogP contribution in [0.3, 0.4) is 0 Å². The topological polar surface area (TPSA) is 110 Å². The molecule has 4 aliphatic rings. The van der Waals surface area contributed by atoms with E-state index in [1.807, 2.05) is 0 Å². The monoisotopic (exact) mass is 487 g/mol. The van der Waals surface area contributed by atoms with Crippen LogP contribution in [0.2, 0.25) is 0 Å². The molecule has 0 radical (unpaired) electrons. The number of fused-ring (bicyclic) bond motifs is 5. The normalized spacial score (nSPS) is 45.1. The number of rotatable bonds is 6. The third-order valence-electron chi connectivity index (χ3n) is 10.7. The zero-order valence-corrected chi connectivity index (χ0v) is 24.1. The molecule has 0 aromatic carbocycles. The number of amides is 1. The van der Waals surface area contributed by atoms with Crippen molar-refractivity contribution in [3.05, 3.63) is 0 Å². The first kappa shape index (κ1) is 28.1. The summed E-state index contributed by atoms with van der Waals surface area (Å²) < 4.78 is 0. The molecule has 33 heavy (non-hydrogen) atoms. The van der Waals surface area contributed by atoms with E-state index >= 15 is 0 Å². The Morgan fingerprint density at radius 1 is 1.03 bits per heavy atom. The minimum absolute atomic E-state index is 0. The van der Waals surface area contributed by atoms with Crippen molar-refractivity contribution < 1.29 is 76.3 Å². The predicted octanol–water partition coefficient (Wildman–Crippen LogP) is -0.737. The van der Waals surface area contributed by atoms with Gasteiger partial charge >= 0.3 is 51.4 Å². The number of hydrogen-bond donors (Lipinski definition) is 3. The summed E-state index contributed by atoms with van der Waals surface area (Å²) in [5, 5.41) is 34.5. The average Bonchev–Trinajstić information content (AvgIpc) is 3.09. The van der Waals surface area contributed by atoms with Gasteiger partial charge < -0.3 is 25.4 Å². The summed E-state index contributed by atoms with van der Waals surface area (Å²) in [6, 6.07) is 0. The van der Waals surface area contributed by atoms with Crippen LogP contribution >= 0.6 is 0 Å². The molecule has 7 heteroatoms. The Balaban J connectivity index is 0.00000306. The standard InChI is InChI=1S/C26H43NO5.K/c1-15(4-7-22(30)27-14-23(31)32)18-5-6-19-24-20(9-11-26(18,19)3)25(2)10-8-17(28)12-16(25)13-21(24)29;/h15-21,24,28-29H,4-14H2,1-3H3,(H,27,30)(H,31,32);/q;+1/p-1/t15-,16?,17-,18-,19?,20?,21-,24?,25+,26-;/m1./s1. The van der Waals surface area contributed by atoms with Gasteiger partial charge in [0.2, 0.25) is 5.91 Å². The number of aliphatic hydroxyl groups excluding tert-OH is 2. The summed E-state index contributed by atoms with van der Waals surface area (Å²) >= 11 is 0. The van der Waals surface area contributed by atoms with E-state index in [4.69, 9.17) is 0 Å². The maximum Gasteiger partial charge on any atom is 1.00 e. The Morgan fingerprint density at radius 2 is 1.70 bits per heavy atom. The zero-order chi connectivity index (χ0) is 23.3. The smallest absolute Gasteiger partial charge is 0.548 e. The average molecular weight is 488 g/mol. The molecule has 6 nitrogen and oxygen atoms in total. The van der Waals surface area contributed by atoms with E-state index in [-0.39, 0.29) is 80.3 Å². The van der Waals surface area contributed by atoms with Crippen molar-refractivity contribution in [2.75, 3.05) is 6.54 Å². The molecule has 0 aromatic rings. The summed E-state index contributed by atoms with van der Waals surface area (Å²) in [6.45, 7) is 6.70. The number of nitrogens with one attached hydrogen (secondary N) is 1. The van der Waals surface area contributed by atoms with Crippen molar-refractivity contribution in [3.8, 4) is 0 Å². The van der Waals surface area contributed by atoms with Crippen LogP contribution < -0.4 is 61.8 Å². The van der Waals surface area contributed by atoms with Gasteiger partial charge in [-0.1, -0.05) is 20.8 Å². The van der Waals surface area contributed by atoms with Crippen LogP contribution in [0.1, 0.15) is 85.0 Å². The predicted molar refractivity (Wildman–Crippen MR) is 119 cm³/mol. The summed E-state index contributed by atoms with van der Waals surface area (Å²) in [7, 11) is 0. The Hall–Kier alpha value is 0.496. The molecule has 0 heterocycles. The Bertz CT molecular complexity index is 733. The number of carboxylic acids is 1. The first-order valence-electron chi connectivity index (χ1n) is 12.9. The van der Waals surface area contributed by atoms with Crippen LogP contribution in [-0.4, -0.2) is 40.8 Å². The van der Waals surface area contributed by atoms with Crippen molar-refractivity contribution in [1.29, 1.82) is 0 Å². The van der Waals surface area contributed by atoms with E-state index in [9.17, 15) is 24.9 Å². The number of carboxylic acid groups (broad SMARTS) is 1. The third kappa shape index (κ3) is 5.30. The SMILES string of the molecule is C[C@H](CCC(=O)NCC(=O)[O-])[C@H]1CCC2C3C(CC[C@@]21C)[C@@]1(C)CC[C@@H](O)CC1C[C@H]3O.[K+]. The third-order valence-corrected chi connectivity index (χ3v) is 10.7. The van der Waals surface area contributed by atoms with Crippen LogP contribution in [0.25, 0.3) is 0 Å². The Kier molecular flexibility index (Phi) is 9.23. The van der Waals surface area contributed by atoms with Crippen LogP contribution in [-0.2, 0) is 9.59 Å². The molecule has 1 amide bonds. The molecular weight excluding hydrogens is 445 g/mol. The largest absolute Gasteiger partial charge is 1.00 e. The van der Waals surface area contributed by atoms with Crippen molar-refractivity contribution in [3.63, 3.8) is 0 Å². The maximum absolute atomic E-state index is 12.0. The van der Waals surface area contributed by atoms with Gasteiger partial charge in [-0.2, -0.15) is 0 Å². The van der Waals surface area contributed by atoms with Crippen molar-refractivity contribution in [2.45, 2.75) is 97.2 Å². The number of aliphatic hydroxyl groups is 2. The van der Waals surface area contributed by atoms with E-state index < -0.39 is 12.5 Å². The minimum atomic E-state index is -1.26. The second-order valence-corrected chi connectivity index (χ2v) is 12.1. The maximum atomic E-state index is 12.0. The zero-order valence-electron chi connectivity index (χ0n) is 21.0. The van der Waals surface area contributed by atoms with Crippen LogP contribution in [0, 0.1) is 46.3 Å². The van der Waals surface area contributed by atoms with Gasteiger partial charge in [-0.3, -0.25) is 4.79 Å². The van der Waals surface area contributed by atoms with Gasteiger partial charge in [-0.05, 0) is 104 Å². The van der Waals surface area contributed by atoms with Gasteiger partial charge in [0.15, 0.2) is 0 Å². The minimum Gasteiger partial charge on any atom is -0.548 e. The summed E-state index contributed by atoms with van der Waals surface area (Å²) in [6.07, 6.45) is 8.95. The molecule has 182 valence electrons. The molecule has 0 aromatic heterocycles. The van der Waals surface area contributed by atoms with Gasteiger partial charge in [-0.15, -0.1) is 0 Å². The molecule has 4 rings (SSSR count). The first-order valence-corrected chi connectivity index (χ1v) is 12.9. The molecule has 10 atom stereocenters. The quantitative estimate of drug-likeness (QED) is 0.428. The summed E-state index contributed by atoms with van der Waals surface area (Å²) in [4.78, 5) is 22.6. The second kappa shape index (κ2) is 10.9. The van der Waals surface area contributed by atoms with Gasteiger partial charge in [0.25, 0.3) is 0 Å². The Morgan fingerprint density at radius 3 is 2.39 bits per heavy atom. The number of hydrogen-bond acceptors (Lipinski definition) is 5.